The summed E-state index contributed by atoms with van der Waals surface area (Å²) in [5.41, 5.74) is 2.28. The van der Waals surface area contributed by atoms with Crippen molar-refractivity contribution in [1.82, 2.24) is 0 Å². The third kappa shape index (κ3) is 3.32. The van der Waals surface area contributed by atoms with Crippen LogP contribution in [-0.4, -0.2) is 5.91 Å². The van der Waals surface area contributed by atoms with Crippen LogP contribution in [0.5, 0.6) is 0 Å². The van der Waals surface area contributed by atoms with Crippen molar-refractivity contribution in [2.45, 2.75) is 0 Å². The van der Waals surface area contributed by atoms with Gasteiger partial charge in [-0.2, -0.15) is 0 Å². The molecule has 4 nitrogen and oxygen atoms in total. The molecule has 2 aromatic carbocycles. The van der Waals surface area contributed by atoms with Gasteiger partial charge in [-0.3, -0.25) is 4.79 Å². The smallest absolute Gasteiger partial charge is 0.291 e. The lowest BCUT2D eigenvalue weighted by molar-refractivity contribution is 0.0996. The van der Waals surface area contributed by atoms with Crippen molar-refractivity contribution in [2.24, 2.45) is 0 Å². The van der Waals surface area contributed by atoms with Gasteiger partial charge in [-0.1, -0.05) is 0 Å². The highest BCUT2D eigenvalue weighted by Gasteiger charge is 2.08. The molecule has 0 bridgehead atoms. The number of furan rings is 1. The molecule has 0 aliphatic heterocycles. The lowest BCUT2D eigenvalue weighted by Gasteiger charge is -2.08. The predicted octanol–water partition coefficient (Wildman–Crippen LogP) is 4.41. The van der Waals surface area contributed by atoms with Gasteiger partial charge in [-0.05, 0) is 60.7 Å². The summed E-state index contributed by atoms with van der Waals surface area (Å²) in [6, 6.07) is 16.5. The molecule has 0 fully saturated rings. The number of anilines is 3. The Bertz CT molecular complexity index is 750. The second-order valence-electron chi connectivity index (χ2n) is 4.64. The first-order chi connectivity index (χ1) is 10.7. The zero-order chi connectivity index (χ0) is 15.4. The molecule has 0 radical (unpaired) electrons. The van der Waals surface area contributed by atoms with Crippen molar-refractivity contribution in [1.29, 1.82) is 0 Å². The first kappa shape index (κ1) is 13.9. The zero-order valence-electron chi connectivity index (χ0n) is 11.5. The Morgan fingerprint density at radius 1 is 0.864 bits per heavy atom. The Hall–Kier alpha value is -3.08. The summed E-state index contributed by atoms with van der Waals surface area (Å²) >= 11 is 0. The molecule has 3 aromatic rings. The van der Waals surface area contributed by atoms with Crippen molar-refractivity contribution in [3.05, 3.63) is 78.5 Å². The van der Waals surface area contributed by atoms with E-state index in [0.29, 0.717) is 5.69 Å². The Balaban J connectivity index is 1.65. The van der Waals surface area contributed by atoms with Crippen LogP contribution in [0.3, 0.4) is 0 Å². The van der Waals surface area contributed by atoms with Gasteiger partial charge in [-0.15, -0.1) is 0 Å². The van der Waals surface area contributed by atoms with Gasteiger partial charge in [0.25, 0.3) is 5.91 Å². The second-order valence-corrected chi connectivity index (χ2v) is 4.64. The minimum absolute atomic E-state index is 0.258. The predicted molar refractivity (Wildman–Crippen MR) is 82.8 cm³/mol. The van der Waals surface area contributed by atoms with E-state index in [4.69, 9.17) is 4.42 Å². The topological polar surface area (TPSA) is 54.3 Å². The van der Waals surface area contributed by atoms with E-state index < -0.39 is 0 Å². The number of amides is 1. The van der Waals surface area contributed by atoms with Crippen LogP contribution < -0.4 is 10.6 Å². The van der Waals surface area contributed by atoms with Crippen molar-refractivity contribution in [3.63, 3.8) is 0 Å². The molecule has 1 heterocycles. The molecular formula is C17H13FN2O2. The summed E-state index contributed by atoms with van der Waals surface area (Å²) in [6.45, 7) is 0. The Morgan fingerprint density at radius 3 is 2.05 bits per heavy atom. The number of hydrogen-bond acceptors (Lipinski definition) is 3. The van der Waals surface area contributed by atoms with Gasteiger partial charge in [0, 0.05) is 17.1 Å². The van der Waals surface area contributed by atoms with Gasteiger partial charge in [-0.25, -0.2) is 4.39 Å². The summed E-state index contributed by atoms with van der Waals surface area (Å²) in [6.07, 6.45) is 1.45. The maximum Gasteiger partial charge on any atom is 0.291 e. The van der Waals surface area contributed by atoms with Gasteiger partial charge < -0.3 is 15.1 Å². The molecule has 0 aliphatic carbocycles. The van der Waals surface area contributed by atoms with Crippen LogP contribution in [0.25, 0.3) is 0 Å². The van der Waals surface area contributed by atoms with Crippen LogP contribution in [0.1, 0.15) is 10.6 Å². The number of halogens is 1. The third-order valence-corrected chi connectivity index (χ3v) is 3.02. The highest BCUT2D eigenvalue weighted by molar-refractivity contribution is 6.02. The molecule has 0 spiro atoms. The monoisotopic (exact) mass is 296 g/mol. The minimum atomic E-state index is -0.302. The van der Waals surface area contributed by atoms with Gasteiger partial charge in [0.1, 0.15) is 5.82 Å². The van der Waals surface area contributed by atoms with Crippen LogP contribution in [0.15, 0.2) is 71.3 Å². The molecule has 0 unspecified atom stereocenters. The lowest BCUT2D eigenvalue weighted by Crippen LogP contribution is -2.10. The molecule has 1 aromatic heterocycles. The van der Waals surface area contributed by atoms with E-state index in [1.165, 1.54) is 18.4 Å². The van der Waals surface area contributed by atoms with E-state index >= 15 is 0 Å². The highest BCUT2D eigenvalue weighted by Crippen LogP contribution is 2.19. The van der Waals surface area contributed by atoms with Gasteiger partial charge in [0.15, 0.2) is 5.76 Å². The number of rotatable bonds is 4. The van der Waals surface area contributed by atoms with Crippen molar-refractivity contribution in [3.8, 4) is 0 Å². The molecule has 0 saturated heterocycles. The van der Waals surface area contributed by atoms with Crippen LogP contribution in [0.4, 0.5) is 21.5 Å². The fourth-order valence-corrected chi connectivity index (χ4v) is 1.94. The number of benzene rings is 2. The van der Waals surface area contributed by atoms with Crippen molar-refractivity contribution in [2.75, 3.05) is 10.6 Å². The van der Waals surface area contributed by atoms with Crippen LogP contribution in [0.2, 0.25) is 0 Å². The number of hydrogen-bond donors (Lipinski definition) is 2. The van der Waals surface area contributed by atoms with Gasteiger partial charge in [0.2, 0.25) is 0 Å². The molecule has 110 valence electrons. The summed E-state index contributed by atoms with van der Waals surface area (Å²) < 4.78 is 17.9. The van der Waals surface area contributed by atoms with Crippen molar-refractivity contribution >= 4 is 23.0 Å². The first-order valence-corrected chi connectivity index (χ1v) is 6.68. The van der Waals surface area contributed by atoms with E-state index in [-0.39, 0.29) is 17.5 Å². The molecule has 0 aliphatic rings. The maximum absolute atomic E-state index is 12.8. The fourth-order valence-electron chi connectivity index (χ4n) is 1.94. The summed E-state index contributed by atoms with van der Waals surface area (Å²) in [5.74, 6) is -0.320. The summed E-state index contributed by atoms with van der Waals surface area (Å²) in [7, 11) is 0. The molecule has 0 atom stereocenters. The van der Waals surface area contributed by atoms with Crippen LogP contribution >= 0.6 is 0 Å². The summed E-state index contributed by atoms with van der Waals surface area (Å²) in [4.78, 5) is 11.8. The molecule has 2 N–H and O–H groups in total. The average Bonchev–Trinajstić information content (AvgIpc) is 3.06. The molecule has 1 amide bonds. The zero-order valence-corrected chi connectivity index (χ0v) is 11.5. The van der Waals surface area contributed by atoms with Crippen LogP contribution in [0, 0.1) is 5.82 Å². The Labute approximate surface area is 126 Å². The maximum atomic E-state index is 12.8. The van der Waals surface area contributed by atoms with E-state index in [1.807, 2.05) is 12.1 Å². The molecule has 22 heavy (non-hydrogen) atoms. The number of carbonyl (C=O) groups is 1. The second kappa shape index (κ2) is 6.13. The standard InChI is InChI=1S/C17H13FN2O2/c18-12-3-5-13(6-4-12)19-14-7-9-15(10-8-14)20-17(21)16-2-1-11-22-16/h1-11,19H,(H,20,21). The van der Waals surface area contributed by atoms with E-state index in [2.05, 4.69) is 10.6 Å². The minimum Gasteiger partial charge on any atom is -0.459 e. The van der Waals surface area contributed by atoms with E-state index in [0.717, 1.165) is 11.4 Å². The molecule has 0 saturated carbocycles. The number of nitrogens with one attached hydrogen (secondary N) is 2. The van der Waals surface area contributed by atoms with Crippen molar-refractivity contribution < 1.29 is 13.6 Å². The Kier molecular flexibility index (Phi) is 3.87. The fraction of sp³-hybridized carbons (Fsp3) is 0. The highest BCUT2D eigenvalue weighted by atomic mass is 19.1. The van der Waals surface area contributed by atoms with Gasteiger partial charge in [0.05, 0.1) is 6.26 Å². The Morgan fingerprint density at radius 2 is 1.45 bits per heavy atom. The quantitative estimate of drug-likeness (QED) is 0.749. The summed E-state index contributed by atoms with van der Waals surface area (Å²) in [5, 5.41) is 5.87. The normalized spacial score (nSPS) is 10.2. The number of carbonyl (C=O) groups excluding carboxylic acids is 1. The first-order valence-electron chi connectivity index (χ1n) is 6.68. The molecule has 5 heteroatoms. The molecule has 3 rings (SSSR count). The van der Waals surface area contributed by atoms with Gasteiger partial charge >= 0.3 is 0 Å². The lowest BCUT2D eigenvalue weighted by atomic mass is 10.2. The SMILES string of the molecule is O=C(Nc1ccc(Nc2ccc(F)cc2)cc1)c1ccco1. The van der Waals surface area contributed by atoms with Crippen LogP contribution in [-0.2, 0) is 0 Å². The molecular weight excluding hydrogens is 283 g/mol. The average molecular weight is 296 g/mol. The largest absolute Gasteiger partial charge is 0.459 e. The van der Waals surface area contributed by atoms with E-state index in [1.54, 1.807) is 36.4 Å². The third-order valence-electron chi connectivity index (χ3n) is 3.02. The van der Waals surface area contributed by atoms with E-state index in [9.17, 15) is 9.18 Å².